The van der Waals surface area contributed by atoms with Crippen molar-refractivity contribution < 1.29 is 9.26 Å². The van der Waals surface area contributed by atoms with Gasteiger partial charge in [-0.2, -0.15) is 16.7 Å². The van der Waals surface area contributed by atoms with E-state index in [1.165, 1.54) is 0 Å². The fraction of sp³-hybridized carbons (Fsp3) is 0.846. The maximum Gasteiger partial charge on any atom is 0.232 e. The first kappa shape index (κ1) is 14.8. The van der Waals surface area contributed by atoms with Gasteiger partial charge in [0.1, 0.15) is 6.10 Å². The Labute approximate surface area is 118 Å². The van der Waals surface area contributed by atoms with Crippen molar-refractivity contribution in [2.24, 2.45) is 5.92 Å². The Kier molecular flexibility index (Phi) is 5.24. The number of hydrogen-bond acceptors (Lipinski definition) is 6. The smallest absolute Gasteiger partial charge is 0.232 e. The monoisotopic (exact) mass is 285 g/mol. The summed E-state index contributed by atoms with van der Waals surface area (Å²) in [7, 11) is 1.98. The van der Waals surface area contributed by atoms with Crippen LogP contribution in [-0.4, -0.2) is 41.3 Å². The maximum absolute atomic E-state index is 5.71. The van der Waals surface area contributed by atoms with E-state index in [2.05, 4.69) is 29.3 Å². The predicted octanol–water partition coefficient (Wildman–Crippen LogP) is 2.22. The van der Waals surface area contributed by atoms with Crippen molar-refractivity contribution >= 4 is 11.8 Å². The summed E-state index contributed by atoms with van der Waals surface area (Å²) in [6, 6.07) is 0.419. The second-order valence-corrected chi connectivity index (χ2v) is 6.22. The molecule has 0 bridgehead atoms. The predicted molar refractivity (Wildman–Crippen MR) is 76.4 cm³/mol. The van der Waals surface area contributed by atoms with Crippen molar-refractivity contribution in [3.05, 3.63) is 11.7 Å². The first-order chi connectivity index (χ1) is 9.17. The number of nitrogens with one attached hydrogen (secondary N) is 1. The molecule has 1 saturated heterocycles. The van der Waals surface area contributed by atoms with Crippen molar-refractivity contribution in [2.75, 3.05) is 25.2 Å². The van der Waals surface area contributed by atoms with E-state index < -0.39 is 0 Å². The van der Waals surface area contributed by atoms with Gasteiger partial charge in [-0.3, -0.25) is 0 Å². The van der Waals surface area contributed by atoms with Gasteiger partial charge in [-0.05, 0) is 19.9 Å². The minimum Gasteiger partial charge on any atom is -0.370 e. The lowest BCUT2D eigenvalue weighted by molar-refractivity contribution is 0.0217. The van der Waals surface area contributed by atoms with Crippen LogP contribution in [0.2, 0.25) is 0 Å². The van der Waals surface area contributed by atoms with Crippen LogP contribution < -0.4 is 5.32 Å². The molecule has 2 rings (SSSR count). The molecule has 0 aromatic carbocycles. The van der Waals surface area contributed by atoms with E-state index in [9.17, 15) is 0 Å². The molecule has 0 spiro atoms. The third-order valence-electron chi connectivity index (χ3n) is 3.43. The molecule has 19 heavy (non-hydrogen) atoms. The average molecular weight is 285 g/mol. The number of ether oxygens (including phenoxy) is 1. The van der Waals surface area contributed by atoms with E-state index in [-0.39, 0.29) is 6.10 Å². The van der Waals surface area contributed by atoms with Crippen LogP contribution in [0.25, 0.3) is 0 Å². The molecule has 1 N–H and O–H groups in total. The van der Waals surface area contributed by atoms with Gasteiger partial charge >= 0.3 is 0 Å². The van der Waals surface area contributed by atoms with Crippen LogP contribution in [-0.2, 0) is 4.74 Å². The second-order valence-electron chi connectivity index (χ2n) is 5.15. The Hall–Kier alpha value is -0.590. The van der Waals surface area contributed by atoms with Crippen LogP contribution in [0, 0.1) is 5.92 Å². The van der Waals surface area contributed by atoms with Gasteiger partial charge in [0, 0.05) is 24.2 Å². The van der Waals surface area contributed by atoms with Crippen molar-refractivity contribution in [3.63, 3.8) is 0 Å². The molecule has 2 heterocycles. The Morgan fingerprint density at radius 2 is 2.26 bits per heavy atom. The lowest BCUT2D eigenvalue weighted by Crippen LogP contribution is -2.31. The first-order valence-corrected chi connectivity index (χ1v) is 8.02. The number of thioether (sulfide) groups is 1. The quantitative estimate of drug-likeness (QED) is 0.865. The van der Waals surface area contributed by atoms with Gasteiger partial charge in [0.05, 0.1) is 5.92 Å². The van der Waals surface area contributed by atoms with Crippen molar-refractivity contribution in [1.29, 1.82) is 0 Å². The fourth-order valence-corrected chi connectivity index (χ4v) is 3.76. The second kappa shape index (κ2) is 6.72. The normalized spacial score (nSPS) is 25.1. The number of nitrogens with zero attached hydrogens (tertiary/aromatic N) is 2. The van der Waals surface area contributed by atoms with Crippen LogP contribution >= 0.6 is 11.8 Å². The van der Waals surface area contributed by atoms with Gasteiger partial charge in [0.25, 0.3) is 0 Å². The minimum atomic E-state index is -0.0791. The maximum atomic E-state index is 5.71. The summed E-state index contributed by atoms with van der Waals surface area (Å²) >= 11 is 1.92. The third kappa shape index (κ3) is 3.30. The molecule has 3 unspecified atom stereocenters. The molecule has 1 aromatic heterocycles. The molecule has 1 fully saturated rings. The molecule has 5 nitrogen and oxygen atoms in total. The first-order valence-electron chi connectivity index (χ1n) is 6.87. The van der Waals surface area contributed by atoms with E-state index in [1.807, 2.05) is 25.7 Å². The molecular weight excluding hydrogens is 262 g/mol. The highest BCUT2D eigenvalue weighted by molar-refractivity contribution is 7.99. The highest BCUT2D eigenvalue weighted by Crippen LogP contribution is 2.33. The minimum absolute atomic E-state index is 0.0791. The molecule has 1 aliphatic heterocycles. The fourth-order valence-electron chi connectivity index (χ4n) is 2.34. The molecule has 0 radical (unpaired) electrons. The van der Waals surface area contributed by atoms with Gasteiger partial charge in [-0.15, -0.1) is 0 Å². The Morgan fingerprint density at radius 1 is 1.47 bits per heavy atom. The number of aromatic nitrogens is 2. The summed E-state index contributed by atoms with van der Waals surface area (Å²) in [6.45, 7) is 6.86. The number of likely N-dealkylation sites (N-methyl/N-ethyl adjacent to an activating group) is 1. The van der Waals surface area contributed by atoms with Crippen molar-refractivity contribution in [1.82, 2.24) is 15.5 Å². The largest absolute Gasteiger partial charge is 0.370 e. The molecule has 6 heteroatoms. The van der Waals surface area contributed by atoms with Crippen LogP contribution in [0.5, 0.6) is 0 Å². The van der Waals surface area contributed by atoms with Crippen LogP contribution in [0.4, 0.5) is 0 Å². The van der Waals surface area contributed by atoms with Crippen LogP contribution in [0.15, 0.2) is 4.52 Å². The third-order valence-corrected chi connectivity index (χ3v) is 4.62. The van der Waals surface area contributed by atoms with Gasteiger partial charge in [-0.1, -0.05) is 19.0 Å². The van der Waals surface area contributed by atoms with Gasteiger partial charge in [-0.25, -0.2) is 0 Å². The molecule has 1 aliphatic rings. The Balaban J connectivity index is 2.13. The van der Waals surface area contributed by atoms with Crippen molar-refractivity contribution in [2.45, 2.75) is 38.8 Å². The zero-order chi connectivity index (χ0) is 13.8. The van der Waals surface area contributed by atoms with E-state index in [4.69, 9.17) is 9.26 Å². The molecule has 0 saturated carbocycles. The lowest BCUT2D eigenvalue weighted by Gasteiger charge is -2.16. The van der Waals surface area contributed by atoms with Crippen molar-refractivity contribution in [3.8, 4) is 0 Å². The zero-order valence-electron chi connectivity index (χ0n) is 12.0. The average Bonchev–Trinajstić information content (AvgIpc) is 3.03. The molecule has 0 aliphatic carbocycles. The summed E-state index contributed by atoms with van der Waals surface area (Å²) < 4.78 is 11.2. The van der Waals surface area contributed by atoms with E-state index in [0.717, 1.165) is 17.4 Å². The summed E-state index contributed by atoms with van der Waals surface area (Å²) in [4.78, 5) is 4.57. The standard InChI is InChI=1S/C13H23N3O2S/c1-5-17-11(8(2)3)12-15-13(18-16-12)9-6-19-7-10(9)14-4/h8-11,14H,5-7H2,1-4H3. The summed E-state index contributed by atoms with van der Waals surface area (Å²) in [5, 5.41) is 7.44. The van der Waals surface area contributed by atoms with E-state index in [0.29, 0.717) is 30.3 Å². The van der Waals surface area contributed by atoms with Gasteiger partial charge in [0.15, 0.2) is 0 Å². The Morgan fingerprint density at radius 3 is 2.89 bits per heavy atom. The zero-order valence-corrected chi connectivity index (χ0v) is 12.9. The summed E-state index contributed by atoms with van der Waals surface area (Å²) in [5.41, 5.74) is 0. The SMILES string of the molecule is CCOC(c1noc(C2CSCC2NC)n1)C(C)C. The number of hydrogen-bond donors (Lipinski definition) is 1. The van der Waals surface area contributed by atoms with Gasteiger partial charge in [0.2, 0.25) is 11.7 Å². The summed E-state index contributed by atoms with van der Waals surface area (Å²) in [5.74, 6) is 4.20. The highest BCUT2D eigenvalue weighted by atomic mass is 32.2. The molecule has 1 aromatic rings. The van der Waals surface area contributed by atoms with Crippen LogP contribution in [0.3, 0.4) is 0 Å². The van der Waals surface area contributed by atoms with E-state index in [1.54, 1.807) is 0 Å². The molecular formula is C13H23N3O2S. The number of rotatable bonds is 6. The topological polar surface area (TPSA) is 60.2 Å². The molecule has 0 amide bonds. The Bertz CT molecular complexity index is 380. The van der Waals surface area contributed by atoms with Gasteiger partial charge < -0.3 is 14.6 Å². The molecule has 3 atom stereocenters. The van der Waals surface area contributed by atoms with Crippen LogP contribution in [0.1, 0.15) is 44.5 Å². The highest BCUT2D eigenvalue weighted by Gasteiger charge is 2.33. The molecule has 108 valence electrons. The lowest BCUT2D eigenvalue weighted by atomic mass is 10.0. The van der Waals surface area contributed by atoms with E-state index >= 15 is 0 Å². The summed E-state index contributed by atoms with van der Waals surface area (Å²) in [6.07, 6.45) is -0.0791.